The minimum absolute atomic E-state index is 0.322. The molecule has 6 nitrogen and oxygen atoms in total. The van der Waals surface area contributed by atoms with E-state index in [1.165, 1.54) is 0 Å². The summed E-state index contributed by atoms with van der Waals surface area (Å²) in [4.78, 5) is 11.9. The molecule has 2 aromatic rings. The van der Waals surface area contributed by atoms with Crippen LogP contribution in [-0.4, -0.2) is 20.8 Å². The minimum Gasteiger partial charge on any atom is -0.360 e. The number of nitrogens with zero attached hydrogens (tertiary/aromatic N) is 3. The molecule has 2 rings (SSSR count). The van der Waals surface area contributed by atoms with Crippen LogP contribution in [-0.2, 0) is 6.54 Å². The van der Waals surface area contributed by atoms with Crippen molar-refractivity contribution in [2.45, 2.75) is 20.4 Å². The zero-order valence-electron chi connectivity index (χ0n) is 9.40. The van der Waals surface area contributed by atoms with Crippen molar-refractivity contribution in [1.82, 2.24) is 14.9 Å². The number of carbonyl (C=O) groups is 1. The van der Waals surface area contributed by atoms with Gasteiger partial charge in [0.2, 0.25) is 0 Å². The van der Waals surface area contributed by atoms with Gasteiger partial charge in [0.25, 0.3) is 5.91 Å². The van der Waals surface area contributed by atoms with Crippen LogP contribution in [0.2, 0.25) is 0 Å². The summed E-state index contributed by atoms with van der Waals surface area (Å²) in [6.07, 6.45) is 1.75. The van der Waals surface area contributed by atoms with Crippen molar-refractivity contribution < 1.29 is 9.32 Å². The van der Waals surface area contributed by atoms with Gasteiger partial charge in [-0.3, -0.25) is 9.48 Å². The predicted molar refractivity (Wildman–Crippen MR) is 64.8 cm³/mol. The Balaban J connectivity index is 2.16. The Morgan fingerprint density at radius 2 is 2.41 bits per heavy atom. The number of nitrogens with one attached hydrogen (secondary N) is 1. The molecule has 0 aromatic carbocycles. The average Bonchev–Trinajstić information content (AvgIpc) is 2.85. The Kier molecular flexibility index (Phi) is 3.28. The molecule has 1 N–H and O–H groups in total. The van der Waals surface area contributed by atoms with E-state index in [0.29, 0.717) is 28.3 Å². The van der Waals surface area contributed by atoms with E-state index in [0.717, 1.165) is 0 Å². The quantitative estimate of drug-likeness (QED) is 0.943. The number of rotatable bonds is 3. The maximum atomic E-state index is 11.9. The molecule has 0 radical (unpaired) electrons. The fraction of sp³-hybridized carbons (Fsp3) is 0.300. The summed E-state index contributed by atoms with van der Waals surface area (Å²) < 4.78 is 7.18. The van der Waals surface area contributed by atoms with Crippen LogP contribution in [0.1, 0.15) is 23.2 Å². The van der Waals surface area contributed by atoms with Gasteiger partial charge in [-0.2, -0.15) is 5.10 Å². The molecule has 7 heteroatoms. The first-order valence-electron chi connectivity index (χ1n) is 5.07. The fourth-order valence-corrected chi connectivity index (χ4v) is 1.81. The van der Waals surface area contributed by atoms with Gasteiger partial charge in [-0.15, -0.1) is 0 Å². The molecule has 0 bridgehead atoms. The third-order valence-corrected chi connectivity index (χ3v) is 2.71. The molecule has 0 saturated heterocycles. The van der Waals surface area contributed by atoms with Crippen molar-refractivity contribution in [3.05, 3.63) is 28.2 Å². The summed E-state index contributed by atoms with van der Waals surface area (Å²) in [5.41, 5.74) is 0.326. The summed E-state index contributed by atoms with van der Waals surface area (Å²) in [5.74, 6) is 0.696. The molecular formula is C10H11BrN4O2. The topological polar surface area (TPSA) is 73.0 Å². The highest BCUT2D eigenvalue weighted by atomic mass is 79.9. The lowest BCUT2D eigenvalue weighted by molar-refractivity contribution is 0.102. The van der Waals surface area contributed by atoms with Crippen LogP contribution in [0.25, 0.3) is 0 Å². The van der Waals surface area contributed by atoms with Gasteiger partial charge in [0, 0.05) is 18.8 Å². The van der Waals surface area contributed by atoms with Crippen molar-refractivity contribution in [3.8, 4) is 0 Å². The number of carbonyl (C=O) groups excluding carboxylic acids is 1. The van der Waals surface area contributed by atoms with Gasteiger partial charge in [0.15, 0.2) is 11.5 Å². The van der Waals surface area contributed by atoms with Gasteiger partial charge < -0.3 is 9.84 Å². The molecule has 0 saturated carbocycles. The molecule has 2 aromatic heterocycles. The number of hydrogen-bond donors (Lipinski definition) is 1. The smallest absolute Gasteiger partial charge is 0.278 e. The third kappa shape index (κ3) is 2.55. The van der Waals surface area contributed by atoms with Gasteiger partial charge in [-0.1, -0.05) is 5.16 Å². The van der Waals surface area contributed by atoms with Gasteiger partial charge >= 0.3 is 0 Å². The molecule has 90 valence electrons. The highest BCUT2D eigenvalue weighted by Gasteiger charge is 2.16. The van der Waals surface area contributed by atoms with E-state index in [-0.39, 0.29) is 5.91 Å². The van der Waals surface area contributed by atoms with Crippen LogP contribution in [0.5, 0.6) is 0 Å². The molecule has 0 aliphatic heterocycles. The maximum absolute atomic E-state index is 11.9. The molecule has 0 aliphatic rings. The Morgan fingerprint density at radius 3 is 2.94 bits per heavy atom. The molecule has 1 amide bonds. The van der Waals surface area contributed by atoms with Crippen LogP contribution in [0.3, 0.4) is 0 Å². The lowest BCUT2D eigenvalue weighted by Crippen LogP contribution is -2.14. The van der Waals surface area contributed by atoms with Crippen LogP contribution < -0.4 is 5.32 Å². The Bertz CT molecular complexity index is 546. The lowest BCUT2D eigenvalue weighted by atomic mass is 10.4. The second kappa shape index (κ2) is 4.70. The monoisotopic (exact) mass is 298 g/mol. The molecule has 0 atom stereocenters. The van der Waals surface area contributed by atoms with E-state index < -0.39 is 0 Å². The maximum Gasteiger partial charge on any atom is 0.278 e. The highest BCUT2D eigenvalue weighted by molar-refractivity contribution is 9.10. The number of aryl methyl sites for hydroxylation is 2. The van der Waals surface area contributed by atoms with Gasteiger partial charge in [0.05, 0.1) is 4.47 Å². The average molecular weight is 299 g/mol. The van der Waals surface area contributed by atoms with E-state index in [1.807, 2.05) is 6.92 Å². The first-order valence-corrected chi connectivity index (χ1v) is 5.87. The molecule has 17 heavy (non-hydrogen) atoms. The first kappa shape index (κ1) is 11.8. The Morgan fingerprint density at radius 1 is 1.65 bits per heavy atom. The minimum atomic E-state index is -0.322. The van der Waals surface area contributed by atoms with Crippen molar-refractivity contribution in [3.63, 3.8) is 0 Å². The second-order valence-corrected chi connectivity index (χ2v) is 4.31. The highest BCUT2D eigenvalue weighted by Crippen LogP contribution is 2.16. The molecule has 0 unspecified atom stereocenters. The number of anilines is 1. The van der Waals surface area contributed by atoms with Gasteiger partial charge in [0.1, 0.15) is 5.76 Å². The molecule has 2 heterocycles. The zero-order chi connectivity index (χ0) is 12.4. The van der Waals surface area contributed by atoms with E-state index in [9.17, 15) is 4.79 Å². The van der Waals surface area contributed by atoms with E-state index in [2.05, 4.69) is 31.5 Å². The van der Waals surface area contributed by atoms with Crippen molar-refractivity contribution >= 4 is 27.7 Å². The fourth-order valence-electron chi connectivity index (χ4n) is 1.31. The van der Waals surface area contributed by atoms with Gasteiger partial charge in [-0.25, -0.2) is 0 Å². The Hall–Kier alpha value is -1.63. The van der Waals surface area contributed by atoms with E-state index in [4.69, 9.17) is 4.52 Å². The van der Waals surface area contributed by atoms with Crippen molar-refractivity contribution in [2.24, 2.45) is 0 Å². The summed E-state index contributed by atoms with van der Waals surface area (Å²) in [7, 11) is 0. The summed E-state index contributed by atoms with van der Waals surface area (Å²) in [5, 5.41) is 10.4. The summed E-state index contributed by atoms with van der Waals surface area (Å²) in [6, 6.07) is 1.64. The summed E-state index contributed by atoms with van der Waals surface area (Å²) >= 11 is 3.29. The third-order valence-electron chi connectivity index (χ3n) is 2.13. The van der Waals surface area contributed by atoms with E-state index in [1.54, 1.807) is 23.9 Å². The number of amides is 1. The number of halogens is 1. The lowest BCUT2D eigenvalue weighted by Gasteiger charge is -1.97. The normalized spacial score (nSPS) is 10.5. The van der Waals surface area contributed by atoms with Crippen molar-refractivity contribution in [1.29, 1.82) is 0 Å². The molecule has 0 aliphatic carbocycles. The van der Waals surface area contributed by atoms with E-state index >= 15 is 0 Å². The molecular weight excluding hydrogens is 288 g/mol. The largest absolute Gasteiger partial charge is 0.360 e. The van der Waals surface area contributed by atoms with Crippen LogP contribution in [0.15, 0.2) is 21.3 Å². The predicted octanol–water partition coefficient (Wildman–Crippen LogP) is 2.21. The van der Waals surface area contributed by atoms with Crippen LogP contribution in [0.4, 0.5) is 5.82 Å². The van der Waals surface area contributed by atoms with Crippen LogP contribution in [0, 0.1) is 6.92 Å². The van der Waals surface area contributed by atoms with Gasteiger partial charge in [-0.05, 0) is 29.8 Å². The molecule has 0 fully saturated rings. The zero-order valence-corrected chi connectivity index (χ0v) is 11.0. The Labute approximate surface area is 106 Å². The second-order valence-electron chi connectivity index (χ2n) is 3.46. The SMILES string of the molecule is CCn1cc(Br)c(C(=O)Nc2cc(C)on2)n1. The first-order chi connectivity index (χ1) is 8.10. The van der Waals surface area contributed by atoms with Crippen LogP contribution >= 0.6 is 15.9 Å². The number of hydrogen-bond acceptors (Lipinski definition) is 4. The standard InChI is InChI=1S/C10H11BrN4O2/c1-3-15-5-7(11)9(13-15)10(16)12-8-4-6(2)17-14-8/h4-5H,3H2,1-2H3,(H,12,14,16). The van der Waals surface area contributed by atoms with Crippen molar-refractivity contribution in [2.75, 3.05) is 5.32 Å². The molecule has 0 spiro atoms. The summed E-state index contributed by atoms with van der Waals surface area (Å²) in [6.45, 7) is 4.40. The number of aromatic nitrogens is 3.